The monoisotopic (exact) mass is 382 g/mol. The summed E-state index contributed by atoms with van der Waals surface area (Å²) in [4.78, 5) is 12.3. The van der Waals surface area contributed by atoms with Gasteiger partial charge >= 0.3 is 0 Å². The van der Waals surface area contributed by atoms with Crippen molar-refractivity contribution in [2.45, 2.75) is 73.8 Å². The maximum absolute atomic E-state index is 15.3. The van der Waals surface area contributed by atoms with Gasteiger partial charge in [-0.15, -0.1) is 0 Å². The molecule has 1 aromatic carbocycles. The molecule has 1 aliphatic heterocycles. The van der Waals surface area contributed by atoms with E-state index < -0.39 is 14.8 Å². The van der Waals surface area contributed by atoms with Gasteiger partial charge in [0, 0.05) is 6.04 Å². The van der Waals surface area contributed by atoms with E-state index in [-0.39, 0.29) is 35.7 Å². The number of alkyl halides is 1. The summed E-state index contributed by atoms with van der Waals surface area (Å²) >= 11 is 0. The van der Waals surface area contributed by atoms with Crippen LogP contribution in [0.2, 0.25) is 0 Å². The Morgan fingerprint density at radius 2 is 1.96 bits per heavy atom. The normalized spacial score (nSPS) is 29.9. The lowest BCUT2D eigenvalue weighted by Gasteiger charge is -2.34. The first-order valence-electron chi connectivity index (χ1n) is 9.36. The minimum Gasteiger partial charge on any atom is -0.352 e. The highest BCUT2D eigenvalue weighted by atomic mass is 32.2. The maximum Gasteiger partial charge on any atom is 0.237 e. The molecule has 1 atom stereocenters. The number of piperidine rings is 1. The minimum atomic E-state index is -4.05. The zero-order chi connectivity index (χ0) is 18.8. The van der Waals surface area contributed by atoms with Gasteiger partial charge in [-0.25, -0.2) is 12.8 Å². The summed E-state index contributed by atoms with van der Waals surface area (Å²) in [5.41, 5.74) is 0.788. The Morgan fingerprint density at radius 1 is 1.23 bits per heavy atom. The van der Waals surface area contributed by atoms with Crippen LogP contribution in [0.1, 0.15) is 50.5 Å². The average Bonchev–Trinajstić information content (AvgIpc) is 2.64. The third kappa shape index (κ3) is 3.93. The number of benzene rings is 1. The predicted octanol–water partition coefficient (Wildman–Crippen LogP) is 2.64. The molecule has 0 spiro atoms. The van der Waals surface area contributed by atoms with Gasteiger partial charge in [0.25, 0.3) is 0 Å². The first kappa shape index (κ1) is 19.3. The molecule has 7 heteroatoms. The van der Waals surface area contributed by atoms with Crippen LogP contribution in [0.25, 0.3) is 0 Å². The van der Waals surface area contributed by atoms with E-state index in [1.54, 1.807) is 19.1 Å². The maximum atomic E-state index is 15.3. The Bertz CT molecular complexity index is 752. The van der Waals surface area contributed by atoms with E-state index >= 15 is 4.39 Å². The van der Waals surface area contributed by atoms with Crippen LogP contribution in [0, 0.1) is 6.92 Å². The van der Waals surface area contributed by atoms with Crippen molar-refractivity contribution in [3.63, 3.8) is 0 Å². The molecule has 5 nitrogen and oxygen atoms in total. The summed E-state index contributed by atoms with van der Waals surface area (Å²) in [5, 5.41) is 3.90. The molecule has 1 aliphatic carbocycles. The fraction of sp³-hybridized carbons (Fsp3) is 0.632. The molecule has 144 valence electrons. The van der Waals surface area contributed by atoms with Gasteiger partial charge in [-0.05, 0) is 69.7 Å². The molecule has 1 saturated heterocycles. The lowest BCUT2D eigenvalue weighted by atomic mass is 9.93. The summed E-state index contributed by atoms with van der Waals surface area (Å²) in [6, 6.07) is 6.04. The van der Waals surface area contributed by atoms with Gasteiger partial charge in [0.1, 0.15) is 0 Å². The van der Waals surface area contributed by atoms with Crippen molar-refractivity contribution < 1.29 is 17.6 Å². The smallest absolute Gasteiger partial charge is 0.237 e. The molecular formula is C19H27FN2O3S. The molecular weight excluding hydrogens is 355 g/mol. The van der Waals surface area contributed by atoms with Crippen LogP contribution < -0.4 is 10.6 Å². The number of sulfone groups is 1. The molecule has 1 aromatic rings. The van der Waals surface area contributed by atoms with E-state index in [2.05, 4.69) is 10.6 Å². The number of nitrogens with one attached hydrogen (secondary N) is 2. The van der Waals surface area contributed by atoms with E-state index in [1.807, 2.05) is 0 Å². The summed E-state index contributed by atoms with van der Waals surface area (Å²) < 4.78 is 40.9. The number of halogens is 1. The number of carbonyl (C=O) groups excluding carboxylic acids is 1. The molecule has 2 aliphatic rings. The topological polar surface area (TPSA) is 75.3 Å². The standard InChI is InChI=1S/C19H27FN2O3S/c1-14-5-4-6-16(13-14)26(24,25)19(20)10-8-15(9-11-19)22-18(23)17-7-2-3-12-21-17/h4-6,13,15,17,21H,2-3,7-12H2,1H3,(H,22,23)/t15?,17-,19?/m1/s1. The van der Waals surface area contributed by atoms with Gasteiger partial charge in [0.2, 0.25) is 20.7 Å². The Hall–Kier alpha value is -1.47. The van der Waals surface area contributed by atoms with Crippen LogP contribution >= 0.6 is 0 Å². The van der Waals surface area contributed by atoms with Crippen LogP contribution in [0.3, 0.4) is 0 Å². The molecule has 1 amide bonds. The second-order valence-electron chi connectivity index (χ2n) is 7.49. The number of aryl methyl sites for hydroxylation is 1. The predicted molar refractivity (Wildman–Crippen MR) is 98.2 cm³/mol. The molecule has 0 bridgehead atoms. The van der Waals surface area contributed by atoms with Crippen molar-refractivity contribution in [1.82, 2.24) is 10.6 Å². The van der Waals surface area contributed by atoms with Crippen LogP contribution in [-0.2, 0) is 14.6 Å². The Balaban J connectivity index is 1.62. The third-order valence-corrected chi connectivity index (χ3v) is 7.73. The number of rotatable bonds is 4. The number of hydrogen-bond donors (Lipinski definition) is 2. The van der Waals surface area contributed by atoms with E-state index in [9.17, 15) is 13.2 Å². The van der Waals surface area contributed by atoms with Gasteiger partial charge < -0.3 is 10.6 Å². The van der Waals surface area contributed by atoms with Crippen LogP contribution in [0.4, 0.5) is 4.39 Å². The summed E-state index contributed by atoms with van der Waals surface area (Å²) in [7, 11) is -4.05. The van der Waals surface area contributed by atoms with Crippen LogP contribution in [0.5, 0.6) is 0 Å². The lowest BCUT2D eigenvalue weighted by Crippen LogP contribution is -2.51. The first-order chi connectivity index (χ1) is 12.3. The Labute approximate surface area is 154 Å². The highest BCUT2D eigenvalue weighted by molar-refractivity contribution is 7.92. The average molecular weight is 383 g/mol. The molecule has 0 unspecified atom stereocenters. The zero-order valence-corrected chi connectivity index (χ0v) is 15.9. The van der Waals surface area contributed by atoms with Crippen molar-refractivity contribution in [3.8, 4) is 0 Å². The Morgan fingerprint density at radius 3 is 2.58 bits per heavy atom. The van der Waals surface area contributed by atoms with Gasteiger partial charge in [0.15, 0.2) is 0 Å². The van der Waals surface area contributed by atoms with Crippen molar-refractivity contribution >= 4 is 15.7 Å². The third-order valence-electron chi connectivity index (χ3n) is 5.49. The quantitative estimate of drug-likeness (QED) is 0.839. The highest BCUT2D eigenvalue weighted by Crippen LogP contribution is 2.40. The number of carbonyl (C=O) groups is 1. The van der Waals surface area contributed by atoms with E-state index in [0.29, 0.717) is 12.8 Å². The summed E-state index contributed by atoms with van der Waals surface area (Å²) in [5.74, 6) is -0.0531. The number of amides is 1. The largest absolute Gasteiger partial charge is 0.352 e. The fourth-order valence-electron chi connectivity index (χ4n) is 3.83. The zero-order valence-electron chi connectivity index (χ0n) is 15.1. The molecule has 2 fully saturated rings. The molecule has 0 aromatic heterocycles. The molecule has 26 heavy (non-hydrogen) atoms. The van der Waals surface area contributed by atoms with E-state index in [4.69, 9.17) is 0 Å². The number of hydrogen-bond acceptors (Lipinski definition) is 4. The second-order valence-corrected chi connectivity index (χ2v) is 9.70. The first-order valence-corrected chi connectivity index (χ1v) is 10.8. The minimum absolute atomic E-state index is 0.0360. The highest BCUT2D eigenvalue weighted by Gasteiger charge is 2.48. The van der Waals surface area contributed by atoms with Gasteiger partial charge in [-0.2, -0.15) is 0 Å². The molecule has 0 radical (unpaired) electrons. The van der Waals surface area contributed by atoms with Gasteiger partial charge in [-0.1, -0.05) is 18.6 Å². The second kappa shape index (κ2) is 7.64. The summed E-state index contributed by atoms with van der Waals surface area (Å²) in [6.45, 7) is 2.63. The van der Waals surface area contributed by atoms with Gasteiger partial charge in [0.05, 0.1) is 10.9 Å². The Kier molecular flexibility index (Phi) is 5.67. The molecule has 3 rings (SSSR count). The van der Waals surface area contributed by atoms with Crippen LogP contribution in [-0.4, -0.2) is 38.0 Å². The molecule has 1 saturated carbocycles. The fourth-order valence-corrected chi connectivity index (χ4v) is 5.63. The van der Waals surface area contributed by atoms with Crippen molar-refractivity contribution in [3.05, 3.63) is 29.8 Å². The van der Waals surface area contributed by atoms with Crippen molar-refractivity contribution in [2.24, 2.45) is 0 Å². The van der Waals surface area contributed by atoms with Crippen LogP contribution in [0.15, 0.2) is 29.2 Å². The van der Waals surface area contributed by atoms with Crippen molar-refractivity contribution in [2.75, 3.05) is 6.54 Å². The van der Waals surface area contributed by atoms with E-state index in [1.165, 1.54) is 12.1 Å². The summed E-state index contributed by atoms with van der Waals surface area (Å²) in [6.07, 6.45) is 3.40. The molecule has 2 N–H and O–H groups in total. The van der Waals surface area contributed by atoms with Crippen molar-refractivity contribution in [1.29, 1.82) is 0 Å². The SMILES string of the molecule is Cc1cccc(S(=O)(=O)C2(F)CCC(NC(=O)[C@H]3CCCCN3)CC2)c1. The van der Waals surface area contributed by atoms with Gasteiger partial charge in [-0.3, -0.25) is 4.79 Å². The lowest BCUT2D eigenvalue weighted by molar-refractivity contribution is -0.124. The molecule has 1 heterocycles. The van der Waals surface area contributed by atoms with E-state index in [0.717, 1.165) is 31.4 Å².